The molecule has 2 aliphatic rings. The monoisotopic (exact) mass is 268 g/mol. The highest BCUT2D eigenvalue weighted by molar-refractivity contribution is 5.74. The van der Waals surface area contributed by atoms with E-state index in [4.69, 9.17) is 0 Å². The number of likely N-dealkylation sites (tertiary alicyclic amines) is 1. The number of hydrogen-bond acceptors (Lipinski definition) is 2. The number of rotatable bonds is 2. The van der Waals surface area contributed by atoms with E-state index in [1.807, 2.05) is 11.8 Å². The quantitative estimate of drug-likeness (QED) is 0.808. The number of carbonyl (C=O) groups is 1. The van der Waals surface area contributed by atoms with Gasteiger partial charge in [-0.1, -0.05) is 19.8 Å². The second kappa shape index (κ2) is 6.60. The molecule has 0 aromatic heterocycles. The van der Waals surface area contributed by atoms with E-state index >= 15 is 0 Å². The van der Waals surface area contributed by atoms with E-state index in [0.717, 1.165) is 44.7 Å². The van der Waals surface area contributed by atoms with Crippen LogP contribution in [0.5, 0.6) is 0 Å². The van der Waals surface area contributed by atoms with Gasteiger partial charge in [0.25, 0.3) is 0 Å². The maximum absolute atomic E-state index is 12.2. The van der Waals surface area contributed by atoms with Crippen LogP contribution in [0, 0.1) is 11.8 Å². The van der Waals surface area contributed by atoms with Crippen molar-refractivity contribution in [3.8, 4) is 0 Å². The molecule has 4 heteroatoms. The summed E-state index contributed by atoms with van der Waals surface area (Å²) in [7, 11) is 0. The molecule has 0 bridgehead atoms. The number of nitrogens with one attached hydrogen (secondary N) is 1. The molecule has 4 nitrogen and oxygen atoms in total. The summed E-state index contributed by atoms with van der Waals surface area (Å²) in [5, 5.41) is 12.8. The Morgan fingerprint density at radius 3 is 2.53 bits per heavy atom. The minimum atomic E-state index is -0.246. The van der Waals surface area contributed by atoms with E-state index in [9.17, 15) is 9.90 Å². The first-order valence-electron chi connectivity index (χ1n) is 7.79. The fourth-order valence-electron chi connectivity index (χ4n) is 3.42. The highest BCUT2D eigenvalue weighted by atomic mass is 16.3. The van der Waals surface area contributed by atoms with E-state index < -0.39 is 0 Å². The molecule has 1 saturated heterocycles. The third kappa shape index (κ3) is 4.10. The Balaban J connectivity index is 1.75. The Morgan fingerprint density at radius 1 is 1.26 bits per heavy atom. The summed E-state index contributed by atoms with van der Waals surface area (Å²) in [6.45, 7) is 5.68. The molecule has 0 aromatic carbocycles. The van der Waals surface area contributed by atoms with E-state index in [-0.39, 0.29) is 12.1 Å². The Labute approximate surface area is 116 Å². The lowest BCUT2D eigenvalue weighted by Crippen LogP contribution is -2.49. The second-order valence-electron chi connectivity index (χ2n) is 6.48. The number of amides is 2. The summed E-state index contributed by atoms with van der Waals surface area (Å²) in [6.07, 6.45) is 6.38. The topological polar surface area (TPSA) is 52.6 Å². The highest BCUT2D eigenvalue weighted by Gasteiger charge is 2.27. The fraction of sp³-hybridized carbons (Fsp3) is 0.933. The van der Waals surface area contributed by atoms with Crippen LogP contribution in [0.1, 0.15) is 52.4 Å². The predicted octanol–water partition coefficient (Wildman–Crippen LogP) is 2.37. The number of urea groups is 1. The molecule has 2 N–H and O–H groups in total. The van der Waals surface area contributed by atoms with Crippen molar-refractivity contribution in [2.75, 3.05) is 13.1 Å². The van der Waals surface area contributed by atoms with Gasteiger partial charge in [-0.15, -0.1) is 0 Å². The van der Waals surface area contributed by atoms with Crippen molar-refractivity contribution in [1.29, 1.82) is 0 Å². The summed E-state index contributed by atoms with van der Waals surface area (Å²) >= 11 is 0. The first-order valence-corrected chi connectivity index (χ1v) is 7.79. The van der Waals surface area contributed by atoms with Crippen molar-refractivity contribution < 1.29 is 9.90 Å². The molecular weight excluding hydrogens is 240 g/mol. The van der Waals surface area contributed by atoms with Gasteiger partial charge in [-0.05, 0) is 44.4 Å². The van der Waals surface area contributed by atoms with Crippen molar-refractivity contribution in [2.45, 2.75) is 64.5 Å². The number of piperidine rings is 1. The molecule has 3 unspecified atom stereocenters. The van der Waals surface area contributed by atoms with E-state index in [1.54, 1.807) is 0 Å². The van der Waals surface area contributed by atoms with Crippen LogP contribution in [0.4, 0.5) is 4.79 Å². The molecule has 2 fully saturated rings. The van der Waals surface area contributed by atoms with Crippen LogP contribution in [0.15, 0.2) is 0 Å². The number of nitrogens with zero attached hydrogens (tertiary/aromatic N) is 1. The first-order chi connectivity index (χ1) is 9.06. The molecule has 110 valence electrons. The minimum Gasteiger partial charge on any atom is -0.393 e. The van der Waals surface area contributed by atoms with Gasteiger partial charge in [-0.2, -0.15) is 0 Å². The fourth-order valence-corrected chi connectivity index (χ4v) is 3.42. The average Bonchev–Trinajstić information content (AvgIpc) is 2.39. The smallest absolute Gasteiger partial charge is 0.317 e. The summed E-state index contributed by atoms with van der Waals surface area (Å²) in [6, 6.07) is 0.467. The lowest BCUT2D eigenvalue weighted by Gasteiger charge is -2.35. The Hall–Kier alpha value is -0.770. The summed E-state index contributed by atoms with van der Waals surface area (Å²) in [5.74, 6) is 1.10. The van der Waals surface area contributed by atoms with Crippen LogP contribution in [-0.4, -0.2) is 41.3 Å². The van der Waals surface area contributed by atoms with Gasteiger partial charge in [0, 0.05) is 19.1 Å². The zero-order valence-corrected chi connectivity index (χ0v) is 12.3. The molecule has 19 heavy (non-hydrogen) atoms. The highest BCUT2D eigenvalue weighted by Crippen LogP contribution is 2.24. The van der Waals surface area contributed by atoms with Gasteiger partial charge in [-0.3, -0.25) is 0 Å². The lowest BCUT2D eigenvalue weighted by molar-refractivity contribution is 0.0788. The molecule has 2 amide bonds. The van der Waals surface area contributed by atoms with Crippen molar-refractivity contribution in [3.63, 3.8) is 0 Å². The largest absolute Gasteiger partial charge is 0.393 e. The third-order valence-corrected chi connectivity index (χ3v) is 4.77. The van der Waals surface area contributed by atoms with Crippen molar-refractivity contribution in [1.82, 2.24) is 10.2 Å². The second-order valence-corrected chi connectivity index (χ2v) is 6.48. The maximum Gasteiger partial charge on any atom is 0.317 e. The zero-order chi connectivity index (χ0) is 13.8. The molecule has 2 rings (SSSR count). The average molecular weight is 268 g/mol. The molecular formula is C15H28N2O2. The van der Waals surface area contributed by atoms with Gasteiger partial charge in [0.1, 0.15) is 0 Å². The molecule has 0 spiro atoms. The van der Waals surface area contributed by atoms with Gasteiger partial charge in [0.2, 0.25) is 0 Å². The normalized spacial score (nSPS) is 31.0. The van der Waals surface area contributed by atoms with Crippen LogP contribution in [0.2, 0.25) is 0 Å². The van der Waals surface area contributed by atoms with Crippen LogP contribution < -0.4 is 5.32 Å². The van der Waals surface area contributed by atoms with E-state index in [1.165, 1.54) is 12.8 Å². The molecule has 1 saturated carbocycles. The molecule has 0 aromatic rings. The molecule has 1 aliphatic heterocycles. The number of hydrogen-bond donors (Lipinski definition) is 2. The molecule has 3 atom stereocenters. The summed E-state index contributed by atoms with van der Waals surface area (Å²) in [4.78, 5) is 14.1. The van der Waals surface area contributed by atoms with Crippen molar-refractivity contribution in [2.24, 2.45) is 11.8 Å². The molecule has 0 radical (unpaired) electrons. The zero-order valence-electron chi connectivity index (χ0n) is 12.3. The SMILES string of the molecule is CC1CCCC(NC(=O)N2CCC(C(C)O)CC2)C1. The molecule has 1 heterocycles. The maximum atomic E-state index is 12.2. The lowest BCUT2D eigenvalue weighted by atomic mass is 9.87. The third-order valence-electron chi connectivity index (χ3n) is 4.77. The molecule has 1 aliphatic carbocycles. The summed E-state index contributed by atoms with van der Waals surface area (Å²) in [5.41, 5.74) is 0. The van der Waals surface area contributed by atoms with Crippen molar-refractivity contribution in [3.05, 3.63) is 0 Å². The Bertz CT molecular complexity index is 299. The Morgan fingerprint density at radius 2 is 1.95 bits per heavy atom. The van der Waals surface area contributed by atoms with Crippen molar-refractivity contribution >= 4 is 6.03 Å². The van der Waals surface area contributed by atoms with Gasteiger partial charge in [-0.25, -0.2) is 4.79 Å². The van der Waals surface area contributed by atoms with E-state index in [2.05, 4.69) is 12.2 Å². The summed E-state index contributed by atoms with van der Waals surface area (Å²) < 4.78 is 0. The Kier molecular flexibility index (Phi) is 5.08. The van der Waals surface area contributed by atoms with Gasteiger partial charge >= 0.3 is 6.03 Å². The number of aliphatic hydroxyl groups is 1. The van der Waals surface area contributed by atoms with Crippen LogP contribution in [0.25, 0.3) is 0 Å². The minimum absolute atomic E-state index is 0.100. The van der Waals surface area contributed by atoms with Crippen LogP contribution >= 0.6 is 0 Å². The van der Waals surface area contributed by atoms with Gasteiger partial charge in [0.05, 0.1) is 6.10 Å². The standard InChI is InChI=1S/C15H28N2O2/c1-11-4-3-5-14(10-11)16-15(19)17-8-6-13(7-9-17)12(2)18/h11-14,18H,3-10H2,1-2H3,(H,16,19). The first kappa shape index (κ1) is 14.6. The van der Waals surface area contributed by atoms with Gasteiger partial charge < -0.3 is 15.3 Å². The predicted molar refractivity (Wildman–Crippen MR) is 75.9 cm³/mol. The van der Waals surface area contributed by atoms with Crippen LogP contribution in [-0.2, 0) is 0 Å². The number of carbonyl (C=O) groups excluding carboxylic acids is 1. The van der Waals surface area contributed by atoms with Gasteiger partial charge in [0.15, 0.2) is 0 Å². The van der Waals surface area contributed by atoms with Crippen LogP contribution in [0.3, 0.4) is 0 Å². The number of aliphatic hydroxyl groups excluding tert-OH is 1. The van der Waals surface area contributed by atoms with E-state index in [0.29, 0.717) is 12.0 Å².